The van der Waals surface area contributed by atoms with Crippen LogP contribution in [0.25, 0.3) is 21.8 Å². The Hall–Kier alpha value is -2.04. The first kappa shape index (κ1) is 16.8. The number of benzene rings is 2. The number of aromatic nitrogens is 1. The highest BCUT2D eigenvalue weighted by Crippen LogP contribution is 2.34. The number of methoxy groups -OCH3 is 1. The Morgan fingerprint density at radius 2 is 1.92 bits per heavy atom. The van der Waals surface area contributed by atoms with Gasteiger partial charge in [-0.2, -0.15) is 0 Å². The monoisotopic (exact) mass is 344 g/mol. The van der Waals surface area contributed by atoms with Crippen LogP contribution in [0.15, 0.2) is 36.4 Å². The highest BCUT2D eigenvalue weighted by Gasteiger charge is 2.10. The average molecular weight is 345 g/mol. The Bertz CT molecular complexity index is 852. The van der Waals surface area contributed by atoms with Gasteiger partial charge in [-0.15, -0.1) is 0 Å². The average Bonchev–Trinajstić information content (AvgIpc) is 2.60. The van der Waals surface area contributed by atoms with E-state index in [4.69, 9.17) is 26.4 Å². The summed E-state index contributed by atoms with van der Waals surface area (Å²) in [6, 6.07) is 11.7. The molecule has 0 aliphatic heterocycles. The normalized spacial score (nSPS) is 11.1. The fraction of sp³-hybridized carbons (Fsp3) is 0.316. The zero-order valence-corrected chi connectivity index (χ0v) is 14.4. The van der Waals surface area contributed by atoms with E-state index in [-0.39, 0.29) is 6.61 Å². The third kappa shape index (κ3) is 3.55. The van der Waals surface area contributed by atoms with Crippen molar-refractivity contribution in [2.75, 3.05) is 25.6 Å². The number of hydrogen-bond acceptors (Lipinski definition) is 4. The fourth-order valence-corrected chi connectivity index (χ4v) is 3.01. The molecule has 0 unspecified atom stereocenters. The topological polar surface area (TPSA) is 54.4 Å². The minimum atomic E-state index is 0.247. The van der Waals surface area contributed by atoms with Crippen molar-refractivity contribution in [2.24, 2.45) is 0 Å². The molecule has 0 aliphatic rings. The summed E-state index contributed by atoms with van der Waals surface area (Å²) >= 11 is 6.13. The summed E-state index contributed by atoms with van der Waals surface area (Å²) in [6.07, 6.45) is 2.84. The molecule has 2 aromatic carbocycles. The lowest BCUT2D eigenvalue weighted by molar-refractivity contribution is 0.283. The lowest BCUT2D eigenvalue weighted by atomic mass is 10.1. The van der Waals surface area contributed by atoms with Crippen LogP contribution >= 0.6 is 11.6 Å². The predicted molar refractivity (Wildman–Crippen MR) is 100 cm³/mol. The standard InChI is InChI=1S/C19H21ClN2O2/c1-24-14-6-8-17-16(12-14)19(21-9-3-2-4-10-23)15-7-5-13(20)11-18(15)22-17/h5-8,11-12,23H,2-4,9-10H2,1H3,(H,21,22). The van der Waals surface area contributed by atoms with E-state index in [1.165, 1.54) is 0 Å². The van der Waals surface area contributed by atoms with E-state index in [0.29, 0.717) is 5.02 Å². The second-order valence-electron chi connectivity index (χ2n) is 5.74. The van der Waals surface area contributed by atoms with Gasteiger partial charge in [0.15, 0.2) is 0 Å². The van der Waals surface area contributed by atoms with E-state index in [2.05, 4.69) is 5.32 Å². The highest BCUT2D eigenvalue weighted by molar-refractivity contribution is 6.31. The molecule has 0 atom stereocenters. The van der Waals surface area contributed by atoms with Crippen molar-refractivity contribution in [3.63, 3.8) is 0 Å². The van der Waals surface area contributed by atoms with Crippen LogP contribution in [0.2, 0.25) is 5.02 Å². The van der Waals surface area contributed by atoms with Crippen LogP contribution in [0.4, 0.5) is 5.69 Å². The number of pyridine rings is 1. The van der Waals surface area contributed by atoms with Crippen LogP contribution in [-0.2, 0) is 0 Å². The van der Waals surface area contributed by atoms with Gasteiger partial charge in [-0.25, -0.2) is 4.98 Å². The number of fused-ring (bicyclic) bond motifs is 2. The van der Waals surface area contributed by atoms with Gasteiger partial charge in [0.25, 0.3) is 0 Å². The van der Waals surface area contributed by atoms with Crippen molar-refractivity contribution >= 4 is 39.1 Å². The number of aliphatic hydroxyl groups excluding tert-OH is 1. The van der Waals surface area contributed by atoms with Gasteiger partial charge < -0.3 is 15.2 Å². The molecular formula is C19H21ClN2O2. The number of aliphatic hydroxyl groups is 1. The maximum absolute atomic E-state index is 8.89. The summed E-state index contributed by atoms with van der Waals surface area (Å²) < 4.78 is 5.36. The number of ether oxygens (including phenoxy) is 1. The van der Waals surface area contributed by atoms with Crippen molar-refractivity contribution in [3.05, 3.63) is 41.4 Å². The van der Waals surface area contributed by atoms with Crippen molar-refractivity contribution in [1.82, 2.24) is 4.98 Å². The molecule has 24 heavy (non-hydrogen) atoms. The number of unbranched alkanes of at least 4 members (excludes halogenated alkanes) is 2. The van der Waals surface area contributed by atoms with Gasteiger partial charge in [0.05, 0.1) is 23.8 Å². The third-order valence-corrected chi connectivity index (χ3v) is 4.31. The van der Waals surface area contributed by atoms with Crippen LogP contribution in [0.1, 0.15) is 19.3 Å². The smallest absolute Gasteiger partial charge is 0.119 e. The van der Waals surface area contributed by atoms with Gasteiger partial charge in [-0.1, -0.05) is 11.6 Å². The van der Waals surface area contributed by atoms with Gasteiger partial charge in [-0.3, -0.25) is 0 Å². The van der Waals surface area contributed by atoms with Gasteiger partial charge in [0.1, 0.15) is 5.75 Å². The summed E-state index contributed by atoms with van der Waals surface area (Å²) in [5.74, 6) is 0.806. The Morgan fingerprint density at radius 3 is 2.71 bits per heavy atom. The van der Waals surface area contributed by atoms with Crippen molar-refractivity contribution in [2.45, 2.75) is 19.3 Å². The molecule has 0 radical (unpaired) electrons. The van der Waals surface area contributed by atoms with Gasteiger partial charge >= 0.3 is 0 Å². The number of nitrogens with one attached hydrogen (secondary N) is 1. The molecule has 0 saturated carbocycles. The lowest BCUT2D eigenvalue weighted by Crippen LogP contribution is -2.04. The number of hydrogen-bond donors (Lipinski definition) is 2. The van der Waals surface area contributed by atoms with Gasteiger partial charge in [-0.05, 0) is 55.7 Å². The first-order valence-electron chi connectivity index (χ1n) is 8.14. The van der Waals surface area contributed by atoms with Crippen molar-refractivity contribution in [3.8, 4) is 5.75 Å². The fourth-order valence-electron chi connectivity index (χ4n) is 2.84. The first-order valence-corrected chi connectivity index (χ1v) is 8.52. The maximum atomic E-state index is 8.89. The Labute approximate surface area is 146 Å². The highest BCUT2D eigenvalue weighted by atomic mass is 35.5. The summed E-state index contributed by atoms with van der Waals surface area (Å²) in [5, 5.41) is 15.2. The summed E-state index contributed by atoms with van der Waals surface area (Å²) in [5.41, 5.74) is 2.83. The summed E-state index contributed by atoms with van der Waals surface area (Å²) in [7, 11) is 1.66. The molecule has 0 saturated heterocycles. The molecule has 1 aromatic heterocycles. The van der Waals surface area contributed by atoms with Crippen LogP contribution in [-0.4, -0.2) is 30.4 Å². The Morgan fingerprint density at radius 1 is 1.04 bits per heavy atom. The zero-order valence-electron chi connectivity index (χ0n) is 13.7. The van der Waals surface area contributed by atoms with E-state index >= 15 is 0 Å². The van der Waals surface area contributed by atoms with Crippen LogP contribution in [0, 0.1) is 0 Å². The molecule has 1 heterocycles. The first-order chi connectivity index (χ1) is 11.7. The lowest BCUT2D eigenvalue weighted by Gasteiger charge is -2.14. The molecule has 0 bridgehead atoms. The minimum Gasteiger partial charge on any atom is -0.497 e. The van der Waals surface area contributed by atoms with Crippen molar-refractivity contribution < 1.29 is 9.84 Å². The molecule has 126 valence electrons. The summed E-state index contributed by atoms with van der Waals surface area (Å²) in [4.78, 5) is 4.72. The van der Waals surface area contributed by atoms with E-state index in [0.717, 1.165) is 59.0 Å². The molecule has 3 aromatic rings. The van der Waals surface area contributed by atoms with E-state index < -0.39 is 0 Å². The molecule has 5 heteroatoms. The molecule has 3 rings (SSSR count). The zero-order chi connectivity index (χ0) is 16.9. The second-order valence-corrected chi connectivity index (χ2v) is 6.18. The molecule has 0 amide bonds. The largest absolute Gasteiger partial charge is 0.497 e. The van der Waals surface area contributed by atoms with Crippen LogP contribution < -0.4 is 10.1 Å². The molecule has 4 nitrogen and oxygen atoms in total. The minimum absolute atomic E-state index is 0.247. The van der Waals surface area contributed by atoms with Crippen molar-refractivity contribution in [1.29, 1.82) is 0 Å². The van der Waals surface area contributed by atoms with Gasteiger partial charge in [0.2, 0.25) is 0 Å². The number of halogens is 1. The predicted octanol–water partition coefficient (Wildman–Crippen LogP) is 4.62. The molecule has 0 aliphatic carbocycles. The Kier molecular flexibility index (Phi) is 5.38. The van der Waals surface area contributed by atoms with Gasteiger partial charge in [0, 0.05) is 28.9 Å². The van der Waals surface area contributed by atoms with Crippen LogP contribution in [0.3, 0.4) is 0 Å². The molecule has 0 spiro atoms. The van der Waals surface area contributed by atoms with E-state index in [1.807, 2.05) is 36.4 Å². The molecule has 2 N–H and O–H groups in total. The van der Waals surface area contributed by atoms with E-state index in [9.17, 15) is 0 Å². The molecule has 0 fully saturated rings. The third-order valence-electron chi connectivity index (χ3n) is 4.08. The van der Waals surface area contributed by atoms with E-state index in [1.54, 1.807) is 7.11 Å². The molecular weight excluding hydrogens is 324 g/mol. The number of rotatable bonds is 7. The number of nitrogens with zero attached hydrogens (tertiary/aromatic N) is 1. The summed E-state index contributed by atoms with van der Waals surface area (Å²) in [6.45, 7) is 1.09. The Balaban J connectivity index is 2.05. The quantitative estimate of drug-likeness (QED) is 0.485. The maximum Gasteiger partial charge on any atom is 0.119 e. The second kappa shape index (κ2) is 7.69. The van der Waals surface area contributed by atoms with Crippen LogP contribution in [0.5, 0.6) is 5.75 Å². The SMILES string of the molecule is COc1ccc2nc3cc(Cl)ccc3c(NCCCCCO)c2c1. The number of anilines is 1.